The second-order valence-corrected chi connectivity index (χ2v) is 13.5. The molecule has 1 N–H and O–H groups in total. The maximum Gasteiger partial charge on any atom is 0.261 e. The van der Waals surface area contributed by atoms with E-state index in [1.165, 1.54) is 10.4 Å². The molecule has 0 aliphatic rings. The summed E-state index contributed by atoms with van der Waals surface area (Å²) in [6.45, 7) is 8.30. The number of ether oxygens (including phenoxy) is 2. The second-order valence-electron chi connectivity index (χ2n) is 9.19. The lowest BCUT2D eigenvalue weighted by atomic mass is 10.2. The zero-order valence-corrected chi connectivity index (χ0v) is 20.9. The Labute approximate surface area is 199 Å². The summed E-state index contributed by atoms with van der Waals surface area (Å²) in [6, 6.07) is 31.2. The lowest BCUT2D eigenvalue weighted by molar-refractivity contribution is -0.0517. The van der Waals surface area contributed by atoms with E-state index in [-0.39, 0.29) is 24.4 Å². The lowest BCUT2D eigenvalue weighted by Crippen LogP contribution is -2.67. The molecule has 0 heterocycles. The number of aliphatic hydroxyl groups excluding tert-OH is 1. The van der Waals surface area contributed by atoms with Gasteiger partial charge in [0.2, 0.25) is 0 Å². The van der Waals surface area contributed by atoms with Crippen LogP contribution in [0, 0.1) is 0 Å². The molecule has 0 radical (unpaired) electrons. The van der Waals surface area contributed by atoms with Crippen LogP contribution in [0.5, 0.6) is 0 Å². The highest BCUT2D eigenvalue weighted by atomic mass is 28.4. The van der Waals surface area contributed by atoms with Crippen molar-refractivity contribution in [2.45, 2.75) is 38.5 Å². The predicted octanol–water partition coefficient (Wildman–Crippen LogP) is 4.16. The molecule has 0 saturated carbocycles. The quantitative estimate of drug-likeness (QED) is 0.409. The smallest absolute Gasteiger partial charge is 0.261 e. The van der Waals surface area contributed by atoms with Crippen molar-refractivity contribution < 1.29 is 19.0 Å². The minimum absolute atomic E-state index is 0.0333. The highest BCUT2D eigenvalue weighted by Gasteiger charge is 2.50. The standard InChI is InChI=1S/C28H36O4Si/c1-28(2,3)33(26-15-9-5-10-16-26,27-17-11-6-12-18-27)32-23-25(31-20-19-29)22-30-21-24-13-7-4-8-14-24/h4-18,25,29H,19-23H2,1-3H3/t25-/m0/s1. The average Bonchev–Trinajstić information content (AvgIpc) is 2.83. The van der Waals surface area contributed by atoms with E-state index in [2.05, 4.69) is 69.3 Å². The van der Waals surface area contributed by atoms with Crippen LogP contribution in [0.15, 0.2) is 91.0 Å². The van der Waals surface area contributed by atoms with Crippen molar-refractivity contribution in [2.24, 2.45) is 0 Å². The van der Waals surface area contributed by atoms with Gasteiger partial charge in [0.15, 0.2) is 0 Å². The van der Waals surface area contributed by atoms with Gasteiger partial charge in [0, 0.05) is 0 Å². The summed E-state index contributed by atoms with van der Waals surface area (Å²) in [5.74, 6) is 0. The molecule has 0 aromatic heterocycles. The third-order valence-corrected chi connectivity index (χ3v) is 10.8. The van der Waals surface area contributed by atoms with Gasteiger partial charge in [-0.1, -0.05) is 112 Å². The summed E-state index contributed by atoms with van der Waals surface area (Å²) in [4.78, 5) is 0. The van der Waals surface area contributed by atoms with Gasteiger partial charge in [0.05, 0.1) is 33.0 Å². The fourth-order valence-corrected chi connectivity index (χ4v) is 8.82. The van der Waals surface area contributed by atoms with Crippen molar-refractivity contribution in [1.82, 2.24) is 0 Å². The molecular weight excluding hydrogens is 428 g/mol. The van der Waals surface area contributed by atoms with Crippen molar-refractivity contribution in [1.29, 1.82) is 0 Å². The van der Waals surface area contributed by atoms with E-state index in [0.29, 0.717) is 19.8 Å². The molecule has 3 rings (SSSR count). The Balaban J connectivity index is 1.83. The fraction of sp³-hybridized carbons (Fsp3) is 0.357. The molecular formula is C28H36O4Si. The van der Waals surface area contributed by atoms with Crippen LogP contribution < -0.4 is 10.4 Å². The Morgan fingerprint density at radius 1 is 0.758 bits per heavy atom. The second kappa shape index (κ2) is 12.3. The molecule has 0 bridgehead atoms. The van der Waals surface area contributed by atoms with Gasteiger partial charge in [-0.05, 0) is 21.0 Å². The Bertz CT molecular complexity index is 887. The zero-order chi connectivity index (χ0) is 23.6. The molecule has 0 saturated heterocycles. The number of rotatable bonds is 12. The minimum atomic E-state index is -2.65. The van der Waals surface area contributed by atoms with Crippen LogP contribution in [0.3, 0.4) is 0 Å². The molecule has 1 atom stereocenters. The van der Waals surface area contributed by atoms with Crippen LogP contribution in [-0.2, 0) is 20.5 Å². The molecule has 33 heavy (non-hydrogen) atoms. The maximum absolute atomic E-state index is 9.33. The van der Waals surface area contributed by atoms with Gasteiger partial charge in [-0.15, -0.1) is 0 Å². The van der Waals surface area contributed by atoms with E-state index < -0.39 is 8.32 Å². The van der Waals surface area contributed by atoms with Crippen molar-refractivity contribution in [3.05, 3.63) is 96.6 Å². The Kier molecular flexibility index (Phi) is 9.41. The fourth-order valence-electron chi connectivity index (χ4n) is 4.23. The van der Waals surface area contributed by atoms with Gasteiger partial charge in [-0.3, -0.25) is 0 Å². The first-order valence-electron chi connectivity index (χ1n) is 11.6. The van der Waals surface area contributed by atoms with Crippen LogP contribution in [0.25, 0.3) is 0 Å². The van der Waals surface area contributed by atoms with E-state index in [1.807, 2.05) is 42.5 Å². The van der Waals surface area contributed by atoms with Crippen molar-refractivity contribution in [2.75, 3.05) is 26.4 Å². The normalized spacial score (nSPS) is 13.1. The van der Waals surface area contributed by atoms with E-state index in [1.54, 1.807) is 0 Å². The molecule has 0 amide bonds. The summed E-state index contributed by atoms with van der Waals surface area (Å²) in [6.07, 6.45) is -0.275. The first-order valence-corrected chi connectivity index (χ1v) is 13.5. The molecule has 176 valence electrons. The number of hydrogen-bond acceptors (Lipinski definition) is 4. The molecule has 0 fully saturated rings. The van der Waals surface area contributed by atoms with Crippen molar-refractivity contribution in [3.63, 3.8) is 0 Å². The van der Waals surface area contributed by atoms with Crippen LogP contribution in [-0.4, -0.2) is 46.0 Å². The number of aliphatic hydroxyl groups is 1. The Hall–Kier alpha value is -2.28. The zero-order valence-electron chi connectivity index (χ0n) is 19.9. The molecule has 3 aromatic carbocycles. The van der Waals surface area contributed by atoms with Crippen LogP contribution in [0.4, 0.5) is 0 Å². The minimum Gasteiger partial charge on any atom is -0.405 e. The third-order valence-electron chi connectivity index (χ3n) is 5.76. The first kappa shape index (κ1) is 25.3. The van der Waals surface area contributed by atoms with Crippen molar-refractivity contribution in [3.8, 4) is 0 Å². The molecule has 3 aromatic rings. The summed E-state index contributed by atoms with van der Waals surface area (Å²) in [7, 11) is -2.65. The highest BCUT2D eigenvalue weighted by Crippen LogP contribution is 2.36. The number of benzene rings is 3. The van der Waals surface area contributed by atoms with Crippen LogP contribution >= 0.6 is 0 Å². The topological polar surface area (TPSA) is 47.9 Å². The van der Waals surface area contributed by atoms with Gasteiger partial charge >= 0.3 is 0 Å². The van der Waals surface area contributed by atoms with Gasteiger partial charge in [0.1, 0.15) is 6.10 Å². The molecule has 5 heteroatoms. The summed E-state index contributed by atoms with van der Waals surface area (Å²) < 4.78 is 18.9. The van der Waals surface area contributed by atoms with E-state index in [4.69, 9.17) is 13.9 Å². The molecule has 0 unspecified atom stereocenters. The highest BCUT2D eigenvalue weighted by molar-refractivity contribution is 6.99. The third kappa shape index (κ3) is 6.62. The average molecular weight is 465 g/mol. The van der Waals surface area contributed by atoms with Gasteiger partial charge < -0.3 is 19.0 Å². The lowest BCUT2D eigenvalue weighted by Gasteiger charge is -2.43. The van der Waals surface area contributed by atoms with Crippen LogP contribution in [0.2, 0.25) is 5.04 Å². The Morgan fingerprint density at radius 2 is 1.27 bits per heavy atom. The molecule has 0 spiro atoms. The first-order chi connectivity index (χ1) is 16.0. The van der Waals surface area contributed by atoms with Crippen molar-refractivity contribution >= 4 is 18.7 Å². The largest absolute Gasteiger partial charge is 0.405 e. The Morgan fingerprint density at radius 3 is 1.76 bits per heavy atom. The van der Waals surface area contributed by atoms with E-state index in [9.17, 15) is 5.11 Å². The maximum atomic E-state index is 9.33. The monoisotopic (exact) mass is 464 g/mol. The summed E-state index contributed by atoms with van der Waals surface area (Å²) in [5, 5.41) is 11.7. The van der Waals surface area contributed by atoms with E-state index >= 15 is 0 Å². The van der Waals surface area contributed by atoms with Gasteiger partial charge in [-0.25, -0.2) is 0 Å². The van der Waals surface area contributed by atoms with E-state index in [0.717, 1.165) is 5.56 Å². The summed E-state index contributed by atoms with van der Waals surface area (Å²) >= 11 is 0. The molecule has 0 aliphatic carbocycles. The predicted molar refractivity (Wildman–Crippen MR) is 136 cm³/mol. The van der Waals surface area contributed by atoms with Gasteiger partial charge in [-0.2, -0.15) is 0 Å². The number of hydrogen-bond donors (Lipinski definition) is 1. The SMILES string of the molecule is CC(C)(C)[Si](OC[C@H](COCc1ccccc1)OCCO)(c1ccccc1)c1ccccc1. The van der Waals surface area contributed by atoms with Crippen LogP contribution in [0.1, 0.15) is 26.3 Å². The summed E-state index contributed by atoms with van der Waals surface area (Å²) in [5.41, 5.74) is 1.12. The molecule has 0 aliphatic heterocycles. The van der Waals surface area contributed by atoms with Gasteiger partial charge in [0.25, 0.3) is 8.32 Å². The molecule has 4 nitrogen and oxygen atoms in total.